The molecule has 1 heterocycles. The highest BCUT2D eigenvalue weighted by Crippen LogP contribution is 2.18. The number of thioether (sulfide) groups is 1. The van der Waals surface area contributed by atoms with Crippen molar-refractivity contribution in [1.29, 1.82) is 0 Å². The molecule has 1 rings (SSSR count). The molecule has 1 aliphatic heterocycles. The molecule has 16 heavy (non-hydrogen) atoms. The molecule has 1 saturated heterocycles. The van der Waals surface area contributed by atoms with E-state index in [4.69, 9.17) is 0 Å². The molecule has 0 spiro atoms. The van der Waals surface area contributed by atoms with Gasteiger partial charge in [0.25, 0.3) is 0 Å². The minimum atomic E-state index is -0.279. The van der Waals surface area contributed by atoms with Crippen molar-refractivity contribution in [2.75, 3.05) is 25.1 Å². The highest BCUT2D eigenvalue weighted by Gasteiger charge is 2.36. The lowest BCUT2D eigenvalue weighted by Gasteiger charge is -2.37. The van der Waals surface area contributed by atoms with Gasteiger partial charge in [0.05, 0.1) is 6.54 Å². The number of nitrogens with zero attached hydrogens (tertiary/aromatic N) is 1. The van der Waals surface area contributed by atoms with E-state index in [1.165, 1.54) is 0 Å². The minimum absolute atomic E-state index is 0.00458. The van der Waals surface area contributed by atoms with Crippen LogP contribution < -0.4 is 5.32 Å². The third kappa shape index (κ3) is 2.90. The van der Waals surface area contributed by atoms with Gasteiger partial charge in [-0.3, -0.25) is 9.59 Å². The van der Waals surface area contributed by atoms with E-state index >= 15 is 0 Å². The molecule has 4 nitrogen and oxygen atoms in total. The zero-order valence-electron chi connectivity index (χ0n) is 10.2. The summed E-state index contributed by atoms with van der Waals surface area (Å²) < 4.78 is 0. The summed E-state index contributed by atoms with van der Waals surface area (Å²) in [6, 6.07) is -0.279. The second kappa shape index (κ2) is 6.13. The highest BCUT2D eigenvalue weighted by molar-refractivity contribution is 7.98. The third-order valence-electron chi connectivity index (χ3n) is 3.06. The second-order valence-corrected chi connectivity index (χ2v) is 5.11. The Balaban J connectivity index is 2.77. The highest BCUT2D eigenvalue weighted by atomic mass is 32.2. The van der Waals surface area contributed by atoms with E-state index in [1.807, 2.05) is 20.1 Å². The molecule has 2 amide bonds. The fourth-order valence-corrected chi connectivity index (χ4v) is 2.29. The van der Waals surface area contributed by atoms with Crippen LogP contribution in [0.4, 0.5) is 0 Å². The van der Waals surface area contributed by atoms with Crippen LogP contribution in [0, 0.1) is 5.92 Å². The van der Waals surface area contributed by atoms with Crippen LogP contribution in [0.15, 0.2) is 0 Å². The van der Waals surface area contributed by atoms with Crippen LogP contribution in [-0.2, 0) is 9.59 Å². The zero-order chi connectivity index (χ0) is 12.1. The van der Waals surface area contributed by atoms with Crippen LogP contribution in [0.1, 0.15) is 20.3 Å². The Morgan fingerprint density at radius 1 is 1.56 bits per heavy atom. The van der Waals surface area contributed by atoms with Crippen molar-refractivity contribution in [1.82, 2.24) is 10.2 Å². The summed E-state index contributed by atoms with van der Waals surface area (Å²) in [5.41, 5.74) is 0. The smallest absolute Gasteiger partial charge is 0.243 e. The monoisotopic (exact) mass is 244 g/mol. The maximum absolute atomic E-state index is 11.8. The molecule has 5 heteroatoms. The summed E-state index contributed by atoms with van der Waals surface area (Å²) >= 11 is 1.69. The van der Waals surface area contributed by atoms with E-state index in [0.717, 1.165) is 12.2 Å². The van der Waals surface area contributed by atoms with Crippen LogP contribution in [0.3, 0.4) is 0 Å². The maximum Gasteiger partial charge on any atom is 0.243 e. The van der Waals surface area contributed by atoms with E-state index in [1.54, 1.807) is 16.7 Å². The van der Waals surface area contributed by atoms with Crippen molar-refractivity contribution in [2.45, 2.75) is 26.3 Å². The van der Waals surface area contributed by atoms with Gasteiger partial charge >= 0.3 is 0 Å². The molecule has 0 radical (unpaired) electrons. The topological polar surface area (TPSA) is 49.4 Å². The van der Waals surface area contributed by atoms with E-state index in [-0.39, 0.29) is 30.3 Å². The Kier molecular flexibility index (Phi) is 5.12. The molecule has 0 aromatic carbocycles. The number of piperazine rings is 1. The van der Waals surface area contributed by atoms with Crippen molar-refractivity contribution < 1.29 is 9.59 Å². The summed E-state index contributed by atoms with van der Waals surface area (Å²) in [4.78, 5) is 25.3. The normalized spacial score (nSPS) is 23.2. The van der Waals surface area contributed by atoms with Gasteiger partial charge in [0.2, 0.25) is 11.8 Å². The first-order valence-corrected chi connectivity index (χ1v) is 7.07. The molecule has 0 bridgehead atoms. The van der Waals surface area contributed by atoms with E-state index in [0.29, 0.717) is 6.54 Å². The summed E-state index contributed by atoms with van der Waals surface area (Å²) in [5, 5.41) is 2.67. The summed E-state index contributed by atoms with van der Waals surface area (Å²) in [6.45, 7) is 4.89. The van der Waals surface area contributed by atoms with Crippen molar-refractivity contribution in [3.63, 3.8) is 0 Å². The Labute approximate surface area is 101 Å². The molecule has 1 aliphatic rings. The van der Waals surface area contributed by atoms with Gasteiger partial charge in [-0.15, -0.1) is 0 Å². The first-order valence-electron chi connectivity index (χ1n) is 5.68. The van der Waals surface area contributed by atoms with Gasteiger partial charge in [-0.05, 0) is 12.2 Å². The van der Waals surface area contributed by atoms with Crippen LogP contribution >= 0.6 is 11.8 Å². The number of hydrogen-bond donors (Lipinski definition) is 1. The van der Waals surface area contributed by atoms with Crippen molar-refractivity contribution >= 4 is 23.6 Å². The lowest BCUT2D eigenvalue weighted by molar-refractivity contribution is -0.147. The third-order valence-corrected chi connectivity index (χ3v) is 3.65. The molecule has 1 N–H and O–H groups in total. The summed E-state index contributed by atoms with van der Waals surface area (Å²) in [6.07, 6.45) is 2.91. The molecular weight excluding hydrogens is 224 g/mol. The predicted molar refractivity (Wildman–Crippen MR) is 66.3 cm³/mol. The van der Waals surface area contributed by atoms with Crippen LogP contribution in [0.25, 0.3) is 0 Å². The minimum Gasteiger partial charge on any atom is -0.345 e. The number of rotatable bonds is 5. The van der Waals surface area contributed by atoms with Crippen molar-refractivity contribution in [2.24, 2.45) is 5.92 Å². The van der Waals surface area contributed by atoms with Gasteiger partial charge in [0.15, 0.2) is 0 Å². The van der Waals surface area contributed by atoms with Crippen molar-refractivity contribution in [3.05, 3.63) is 0 Å². The number of hydrogen-bond acceptors (Lipinski definition) is 3. The molecule has 92 valence electrons. The lowest BCUT2D eigenvalue weighted by atomic mass is 9.95. The summed E-state index contributed by atoms with van der Waals surface area (Å²) in [7, 11) is 0. The fourth-order valence-electron chi connectivity index (χ4n) is 1.91. The maximum atomic E-state index is 11.8. The number of carbonyl (C=O) groups is 2. The average Bonchev–Trinajstić information content (AvgIpc) is 2.29. The molecule has 0 saturated carbocycles. The quantitative estimate of drug-likeness (QED) is 0.775. The number of carbonyl (C=O) groups excluding carboxylic acids is 2. The second-order valence-electron chi connectivity index (χ2n) is 4.13. The average molecular weight is 244 g/mol. The summed E-state index contributed by atoms with van der Waals surface area (Å²) in [5.74, 6) is 1.13. The van der Waals surface area contributed by atoms with Gasteiger partial charge in [-0.1, -0.05) is 20.3 Å². The fraction of sp³-hybridized carbons (Fsp3) is 0.818. The van der Waals surface area contributed by atoms with E-state index in [9.17, 15) is 9.59 Å². The van der Waals surface area contributed by atoms with Crippen LogP contribution in [0.5, 0.6) is 0 Å². The molecule has 0 aliphatic carbocycles. The number of amides is 2. The molecule has 0 aromatic heterocycles. The van der Waals surface area contributed by atoms with Crippen molar-refractivity contribution in [3.8, 4) is 0 Å². The van der Waals surface area contributed by atoms with E-state index in [2.05, 4.69) is 5.32 Å². The van der Waals surface area contributed by atoms with Gasteiger partial charge in [-0.25, -0.2) is 0 Å². The molecule has 0 aromatic rings. The predicted octanol–water partition coefficient (Wildman–Crippen LogP) is 0.722. The SMILES string of the molecule is CCC(C)C1C(=O)NCC(=O)N1CCSC. The van der Waals surface area contributed by atoms with Gasteiger partial charge in [0.1, 0.15) is 6.04 Å². The van der Waals surface area contributed by atoms with Gasteiger partial charge in [0, 0.05) is 12.3 Å². The van der Waals surface area contributed by atoms with Gasteiger partial charge < -0.3 is 10.2 Å². The largest absolute Gasteiger partial charge is 0.345 e. The van der Waals surface area contributed by atoms with Crippen LogP contribution in [-0.4, -0.2) is 47.9 Å². The van der Waals surface area contributed by atoms with Crippen LogP contribution in [0.2, 0.25) is 0 Å². The Bertz CT molecular complexity index is 271. The standard InChI is InChI=1S/C11H20N2O2S/c1-4-8(2)10-11(15)12-7-9(14)13(10)5-6-16-3/h8,10H,4-7H2,1-3H3,(H,12,15). The Morgan fingerprint density at radius 2 is 2.25 bits per heavy atom. The number of nitrogens with one attached hydrogen (secondary N) is 1. The molecule has 1 fully saturated rings. The Morgan fingerprint density at radius 3 is 2.81 bits per heavy atom. The Hall–Kier alpha value is -0.710. The molecule has 2 unspecified atom stereocenters. The first-order chi connectivity index (χ1) is 7.61. The van der Waals surface area contributed by atoms with Gasteiger partial charge in [-0.2, -0.15) is 11.8 Å². The lowest BCUT2D eigenvalue weighted by Crippen LogP contribution is -2.60. The van der Waals surface area contributed by atoms with E-state index < -0.39 is 0 Å². The molecular formula is C11H20N2O2S. The molecule has 2 atom stereocenters. The first kappa shape index (κ1) is 13.4. The zero-order valence-corrected chi connectivity index (χ0v) is 11.0.